The Labute approximate surface area is 109 Å². The van der Waals surface area contributed by atoms with Crippen LogP contribution in [0.25, 0.3) is 0 Å². The van der Waals surface area contributed by atoms with Crippen LogP contribution in [0.15, 0.2) is 36.7 Å². The zero-order chi connectivity index (χ0) is 13.8. The van der Waals surface area contributed by atoms with Crippen LogP contribution in [0.5, 0.6) is 0 Å². The topological polar surface area (TPSA) is 92.2 Å². The maximum absolute atomic E-state index is 11.9. The lowest BCUT2D eigenvalue weighted by atomic mass is 10.2. The second kappa shape index (κ2) is 5.26. The van der Waals surface area contributed by atoms with E-state index in [1.165, 1.54) is 24.5 Å². The summed E-state index contributed by atoms with van der Waals surface area (Å²) in [5, 5.41) is 11.4. The third kappa shape index (κ3) is 3.12. The van der Waals surface area contributed by atoms with Gasteiger partial charge >= 0.3 is 5.97 Å². The molecule has 6 heteroatoms. The monoisotopic (exact) mass is 257 g/mol. The Morgan fingerprint density at radius 2 is 1.95 bits per heavy atom. The lowest BCUT2D eigenvalue weighted by molar-refractivity contribution is 0.0696. The van der Waals surface area contributed by atoms with Gasteiger partial charge in [-0.15, -0.1) is 0 Å². The number of aromatic nitrogens is 2. The molecule has 0 aliphatic heterocycles. The van der Waals surface area contributed by atoms with Crippen molar-refractivity contribution in [2.45, 2.75) is 6.92 Å². The van der Waals surface area contributed by atoms with Crippen LogP contribution in [-0.4, -0.2) is 27.0 Å². The summed E-state index contributed by atoms with van der Waals surface area (Å²) in [7, 11) is 0. The lowest BCUT2D eigenvalue weighted by Gasteiger charge is -2.05. The quantitative estimate of drug-likeness (QED) is 0.873. The molecule has 0 saturated heterocycles. The molecule has 2 rings (SSSR count). The molecule has 0 fully saturated rings. The number of nitrogens with one attached hydrogen (secondary N) is 1. The smallest absolute Gasteiger partial charge is 0.335 e. The molecule has 6 nitrogen and oxygen atoms in total. The summed E-state index contributed by atoms with van der Waals surface area (Å²) in [6, 6.07) is 6.00. The predicted molar refractivity (Wildman–Crippen MR) is 68.1 cm³/mol. The van der Waals surface area contributed by atoms with Crippen LogP contribution in [0.4, 0.5) is 5.82 Å². The summed E-state index contributed by atoms with van der Waals surface area (Å²) >= 11 is 0. The van der Waals surface area contributed by atoms with Gasteiger partial charge in [-0.25, -0.2) is 9.78 Å². The van der Waals surface area contributed by atoms with E-state index >= 15 is 0 Å². The maximum Gasteiger partial charge on any atom is 0.335 e. The molecule has 0 aliphatic carbocycles. The molecule has 2 aromatic heterocycles. The van der Waals surface area contributed by atoms with E-state index < -0.39 is 5.97 Å². The zero-order valence-corrected chi connectivity index (χ0v) is 10.1. The van der Waals surface area contributed by atoms with Gasteiger partial charge in [-0.05, 0) is 31.2 Å². The van der Waals surface area contributed by atoms with Crippen molar-refractivity contribution in [1.82, 2.24) is 9.97 Å². The number of nitrogens with zero attached hydrogens (tertiary/aromatic N) is 2. The fourth-order valence-electron chi connectivity index (χ4n) is 1.42. The number of carboxylic acid groups (broad SMARTS) is 1. The summed E-state index contributed by atoms with van der Waals surface area (Å²) in [6.45, 7) is 1.82. The second-order valence-electron chi connectivity index (χ2n) is 3.88. The van der Waals surface area contributed by atoms with E-state index in [1.54, 1.807) is 12.1 Å². The minimum absolute atomic E-state index is 0.0623. The summed E-state index contributed by atoms with van der Waals surface area (Å²) in [5.74, 6) is -1.28. The van der Waals surface area contributed by atoms with Crippen LogP contribution in [0.3, 0.4) is 0 Å². The van der Waals surface area contributed by atoms with Gasteiger partial charge in [0, 0.05) is 18.1 Å². The molecule has 19 heavy (non-hydrogen) atoms. The van der Waals surface area contributed by atoms with E-state index in [1.807, 2.05) is 6.92 Å². The Hall–Kier alpha value is -2.76. The van der Waals surface area contributed by atoms with Crippen molar-refractivity contribution in [3.63, 3.8) is 0 Å². The van der Waals surface area contributed by atoms with Crippen molar-refractivity contribution in [3.05, 3.63) is 53.5 Å². The van der Waals surface area contributed by atoms with Crippen molar-refractivity contribution in [2.24, 2.45) is 0 Å². The zero-order valence-electron chi connectivity index (χ0n) is 10.1. The molecule has 96 valence electrons. The van der Waals surface area contributed by atoms with Crippen LogP contribution < -0.4 is 5.32 Å². The molecule has 2 aromatic rings. The first-order chi connectivity index (χ1) is 9.06. The molecule has 0 aromatic carbocycles. The number of aryl methyl sites for hydroxylation is 1. The Balaban J connectivity index is 2.17. The van der Waals surface area contributed by atoms with Gasteiger partial charge in [0.2, 0.25) is 0 Å². The van der Waals surface area contributed by atoms with E-state index in [-0.39, 0.29) is 17.3 Å². The minimum atomic E-state index is -1.07. The van der Waals surface area contributed by atoms with E-state index in [9.17, 15) is 9.59 Å². The highest BCUT2D eigenvalue weighted by atomic mass is 16.4. The van der Waals surface area contributed by atoms with Crippen molar-refractivity contribution in [3.8, 4) is 0 Å². The SMILES string of the molecule is Cc1ccc(C(=O)Nc2cc(C(=O)O)ccn2)cn1. The van der Waals surface area contributed by atoms with Crippen LogP contribution in [0, 0.1) is 6.92 Å². The highest BCUT2D eigenvalue weighted by Gasteiger charge is 2.09. The molecule has 0 atom stereocenters. The molecule has 0 bridgehead atoms. The Morgan fingerprint density at radius 3 is 2.58 bits per heavy atom. The van der Waals surface area contributed by atoms with E-state index in [0.29, 0.717) is 5.56 Å². The normalized spacial score (nSPS) is 9.95. The summed E-state index contributed by atoms with van der Waals surface area (Å²) in [4.78, 5) is 30.6. The van der Waals surface area contributed by atoms with Gasteiger partial charge in [0.15, 0.2) is 0 Å². The fraction of sp³-hybridized carbons (Fsp3) is 0.0769. The number of carbonyl (C=O) groups excluding carboxylic acids is 1. The molecule has 1 amide bonds. The Kier molecular flexibility index (Phi) is 3.51. The van der Waals surface area contributed by atoms with Crippen LogP contribution >= 0.6 is 0 Å². The van der Waals surface area contributed by atoms with Crippen molar-refractivity contribution in [2.75, 3.05) is 5.32 Å². The second-order valence-corrected chi connectivity index (χ2v) is 3.88. The summed E-state index contributed by atoms with van der Waals surface area (Å²) < 4.78 is 0. The number of pyridine rings is 2. The molecule has 2 N–H and O–H groups in total. The fourth-order valence-corrected chi connectivity index (χ4v) is 1.42. The molecule has 0 aliphatic rings. The highest BCUT2D eigenvalue weighted by molar-refractivity contribution is 6.04. The number of hydrogen-bond acceptors (Lipinski definition) is 4. The molecule has 0 unspecified atom stereocenters. The molecule has 2 heterocycles. The third-order valence-corrected chi connectivity index (χ3v) is 2.42. The largest absolute Gasteiger partial charge is 0.478 e. The van der Waals surface area contributed by atoms with Crippen molar-refractivity contribution in [1.29, 1.82) is 0 Å². The van der Waals surface area contributed by atoms with Gasteiger partial charge in [-0.2, -0.15) is 0 Å². The number of aromatic carboxylic acids is 1. The number of carbonyl (C=O) groups is 2. The van der Waals surface area contributed by atoms with Crippen LogP contribution in [0.2, 0.25) is 0 Å². The summed E-state index contributed by atoms with van der Waals surface area (Å²) in [6.07, 6.45) is 2.78. The lowest BCUT2D eigenvalue weighted by Crippen LogP contribution is -2.13. The molecule has 0 saturated carbocycles. The molecular weight excluding hydrogens is 246 g/mol. The summed E-state index contributed by atoms with van der Waals surface area (Å²) in [5.41, 5.74) is 1.25. The van der Waals surface area contributed by atoms with Gasteiger partial charge in [0.05, 0.1) is 11.1 Å². The maximum atomic E-state index is 11.9. The predicted octanol–water partition coefficient (Wildman–Crippen LogP) is 1.74. The van der Waals surface area contributed by atoms with Gasteiger partial charge < -0.3 is 10.4 Å². The van der Waals surface area contributed by atoms with Crippen molar-refractivity contribution < 1.29 is 14.7 Å². The number of hydrogen-bond donors (Lipinski definition) is 2. The average Bonchev–Trinajstić information content (AvgIpc) is 2.39. The van der Waals surface area contributed by atoms with Gasteiger partial charge in [0.1, 0.15) is 5.82 Å². The first-order valence-electron chi connectivity index (χ1n) is 5.49. The van der Waals surface area contributed by atoms with E-state index in [2.05, 4.69) is 15.3 Å². The number of amides is 1. The van der Waals surface area contributed by atoms with Gasteiger partial charge in [0.25, 0.3) is 5.91 Å². The van der Waals surface area contributed by atoms with Gasteiger partial charge in [-0.1, -0.05) is 0 Å². The van der Waals surface area contributed by atoms with Crippen LogP contribution in [0.1, 0.15) is 26.4 Å². The van der Waals surface area contributed by atoms with Crippen LogP contribution in [-0.2, 0) is 0 Å². The van der Waals surface area contributed by atoms with Crippen molar-refractivity contribution >= 4 is 17.7 Å². The first-order valence-corrected chi connectivity index (χ1v) is 5.49. The molecular formula is C13H11N3O3. The number of carboxylic acids is 1. The highest BCUT2D eigenvalue weighted by Crippen LogP contribution is 2.09. The Bertz CT molecular complexity index is 623. The molecule has 0 radical (unpaired) electrons. The minimum Gasteiger partial charge on any atom is -0.478 e. The average molecular weight is 257 g/mol. The standard InChI is InChI=1S/C13H11N3O3/c1-8-2-3-10(7-15-8)12(17)16-11-6-9(13(18)19)4-5-14-11/h2-7H,1H3,(H,18,19)(H,14,16,17). The third-order valence-electron chi connectivity index (χ3n) is 2.42. The first kappa shape index (κ1) is 12.7. The van der Waals surface area contributed by atoms with Gasteiger partial charge in [-0.3, -0.25) is 9.78 Å². The van der Waals surface area contributed by atoms with E-state index in [4.69, 9.17) is 5.11 Å². The molecule has 0 spiro atoms. The number of anilines is 1. The Morgan fingerprint density at radius 1 is 1.16 bits per heavy atom. The number of rotatable bonds is 3. The van der Waals surface area contributed by atoms with E-state index in [0.717, 1.165) is 5.69 Å².